The SMILES string of the molecule is CC1CC(OCCCCI)CC(C)(C)N1O. The first-order valence-corrected chi connectivity index (χ1v) is 7.65. The number of piperidine rings is 1. The zero-order valence-corrected chi connectivity index (χ0v) is 12.7. The predicted octanol–water partition coefficient (Wildman–Crippen LogP) is 3.24. The van der Waals surface area contributed by atoms with Crippen LogP contribution in [0.1, 0.15) is 46.5 Å². The highest BCUT2D eigenvalue weighted by atomic mass is 127. The van der Waals surface area contributed by atoms with Crippen LogP contribution in [-0.2, 0) is 4.74 Å². The van der Waals surface area contributed by atoms with Gasteiger partial charge in [0.2, 0.25) is 0 Å². The predicted molar refractivity (Wildman–Crippen MR) is 74.3 cm³/mol. The lowest BCUT2D eigenvalue weighted by molar-refractivity contribution is -0.227. The molecule has 1 rings (SSSR count). The number of halogens is 1. The van der Waals surface area contributed by atoms with Crippen molar-refractivity contribution in [1.82, 2.24) is 5.06 Å². The minimum absolute atomic E-state index is 0.161. The summed E-state index contributed by atoms with van der Waals surface area (Å²) in [6.07, 6.45) is 4.54. The monoisotopic (exact) mass is 341 g/mol. The Hall–Kier alpha value is 0.610. The highest BCUT2D eigenvalue weighted by Gasteiger charge is 2.38. The molecule has 0 aliphatic carbocycles. The number of alkyl halides is 1. The highest BCUT2D eigenvalue weighted by Crippen LogP contribution is 2.31. The van der Waals surface area contributed by atoms with E-state index in [1.807, 2.05) is 0 Å². The molecule has 0 bridgehead atoms. The number of rotatable bonds is 5. The van der Waals surface area contributed by atoms with Crippen LogP contribution in [0.2, 0.25) is 0 Å². The molecule has 2 atom stereocenters. The number of unbranched alkanes of at least 4 members (excludes halogenated alkanes) is 1. The molecule has 4 heteroatoms. The Kier molecular flexibility index (Phi) is 5.98. The van der Waals surface area contributed by atoms with Gasteiger partial charge in [0, 0.05) is 18.2 Å². The summed E-state index contributed by atoms with van der Waals surface area (Å²) in [5.74, 6) is 0. The van der Waals surface area contributed by atoms with E-state index in [1.54, 1.807) is 0 Å². The van der Waals surface area contributed by atoms with Gasteiger partial charge in [0.1, 0.15) is 0 Å². The van der Waals surface area contributed by atoms with Crippen molar-refractivity contribution in [1.29, 1.82) is 0 Å². The van der Waals surface area contributed by atoms with E-state index >= 15 is 0 Å². The number of nitrogens with zero attached hydrogens (tertiary/aromatic N) is 1. The second-order valence-corrected chi connectivity index (χ2v) is 6.41. The molecular formula is C12H24INO2. The lowest BCUT2D eigenvalue weighted by Crippen LogP contribution is -2.54. The van der Waals surface area contributed by atoms with Crippen molar-refractivity contribution in [3.63, 3.8) is 0 Å². The molecule has 0 aromatic rings. The Morgan fingerprint density at radius 2 is 2.12 bits per heavy atom. The summed E-state index contributed by atoms with van der Waals surface area (Å²) in [7, 11) is 0. The topological polar surface area (TPSA) is 32.7 Å². The largest absolute Gasteiger partial charge is 0.378 e. The van der Waals surface area contributed by atoms with Crippen LogP contribution < -0.4 is 0 Å². The Morgan fingerprint density at radius 3 is 2.69 bits per heavy atom. The standard InChI is InChI=1S/C12H24INO2/c1-10-8-11(16-7-5-4-6-13)9-12(2,3)14(10)15/h10-11,15H,4-9H2,1-3H3. The lowest BCUT2D eigenvalue weighted by Gasteiger charge is -2.45. The first-order valence-electron chi connectivity index (χ1n) is 6.13. The van der Waals surface area contributed by atoms with Crippen molar-refractivity contribution in [3.05, 3.63) is 0 Å². The summed E-state index contributed by atoms with van der Waals surface area (Å²) in [5.41, 5.74) is -0.161. The normalized spacial score (nSPS) is 30.6. The van der Waals surface area contributed by atoms with E-state index < -0.39 is 0 Å². The Balaban J connectivity index is 2.33. The minimum Gasteiger partial charge on any atom is -0.378 e. The summed E-state index contributed by atoms with van der Waals surface area (Å²) in [6.45, 7) is 7.07. The third-order valence-corrected chi connectivity index (χ3v) is 4.01. The molecule has 3 nitrogen and oxygen atoms in total. The maximum absolute atomic E-state index is 9.91. The maximum Gasteiger partial charge on any atom is 0.0609 e. The number of hydroxylamine groups is 2. The summed E-state index contributed by atoms with van der Waals surface area (Å²) in [5, 5.41) is 11.4. The Bertz CT molecular complexity index is 211. The van der Waals surface area contributed by atoms with Gasteiger partial charge in [-0.25, -0.2) is 0 Å². The van der Waals surface area contributed by atoms with Crippen molar-refractivity contribution < 1.29 is 9.94 Å². The molecule has 1 N–H and O–H groups in total. The van der Waals surface area contributed by atoms with Gasteiger partial charge in [-0.2, -0.15) is 5.06 Å². The van der Waals surface area contributed by atoms with Gasteiger partial charge >= 0.3 is 0 Å². The van der Waals surface area contributed by atoms with Crippen molar-refractivity contribution >= 4 is 22.6 Å². The molecule has 1 saturated heterocycles. The summed E-state index contributed by atoms with van der Waals surface area (Å²) in [6, 6.07) is 0.193. The second kappa shape index (κ2) is 6.52. The van der Waals surface area contributed by atoms with Crippen LogP contribution in [0, 0.1) is 0 Å². The first kappa shape index (κ1) is 14.7. The molecule has 1 aliphatic heterocycles. The Morgan fingerprint density at radius 1 is 1.44 bits per heavy atom. The molecule has 1 aliphatic rings. The third kappa shape index (κ3) is 4.13. The molecule has 0 amide bonds. The number of hydrogen-bond acceptors (Lipinski definition) is 3. The average Bonchev–Trinajstić information content (AvgIpc) is 2.20. The van der Waals surface area contributed by atoms with Gasteiger partial charge in [-0.3, -0.25) is 0 Å². The molecule has 96 valence electrons. The van der Waals surface area contributed by atoms with Crippen LogP contribution in [0.5, 0.6) is 0 Å². The summed E-state index contributed by atoms with van der Waals surface area (Å²) < 4.78 is 7.10. The summed E-state index contributed by atoms with van der Waals surface area (Å²) >= 11 is 2.40. The molecule has 2 unspecified atom stereocenters. The molecule has 0 aromatic heterocycles. The molecule has 0 spiro atoms. The smallest absolute Gasteiger partial charge is 0.0609 e. The zero-order valence-electron chi connectivity index (χ0n) is 10.6. The van der Waals surface area contributed by atoms with Crippen molar-refractivity contribution in [2.45, 2.75) is 64.1 Å². The Labute approximate surface area is 113 Å². The van der Waals surface area contributed by atoms with Gasteiger partial charge in [0.05, 0.1) is 6.10 Å². The van der Waals surface area contributed by atoms with E-state index in [-0.39, 0.29) is 11.6 Å². The van der Waals surface area contributed by atoms with E-state index in [0.29, 0.717) is 6.10 Å². The van der Waals surface area contributed by atoms with Gasteiger partial charge in [-0.05, 0) is 50.9 Å². The molecular weight excluding hydrogens is 317 g/mol. The first-order chi connectivity index (χ1) is 7.47. The van der Waals surface area contributed by atoms with E-state index in [2.05, 4.69) is 43.4 Å². The molecule has 16 heavy (non-hydrogen) atoms. The number of ether oxygens (including phenoxy) is 1. The maximum atomic E-state index is 9.91. The van der Waals surface area contributed by atoms with Crippen molar-refractivity contribution in [2.24, 2.45) is 0 Å². The van der Waals surface area contributed by atoms with E-state index in [4.69, 9.17) is 4.74 Å². The fourth-order valence-electron chi connectivity index (χ4n) is 2.38. The van der Waals surface area contributed by atoms with Crippen molar-refractivity contribution in [3.8, 4) is 0 Å². The van der Waals surface area contributed by atoms with Crippen LogP contribution in [0.25, 0.3) is 0 Å². The van der Waals surface area contributed by atoms with Crippen LogP contribution in [0.4, 0.5) is 0 Å². The van der Waals surface area contributed by atoms with Gasteiger partial charge < -0.3 is 9.94 Å². The van der Waals surface area contributed by atoms with Crippen LogP contribution in [-0.4, -0.2) is 39.0 Å². The fraction of sp³-hybridized carbons (Fsp3) is 1.00. The quantitative estimate of drug-likeness (QED) is 0.473. The molecule has 0 radical (unpaired) electrons. The second-order valence-electron chi connectivity index (χ2n) is 5.33. The molecule has 0 saturated carbocycles. The van der Waals surface area contributed by atoms with E-state index in [9.17, 15) is 5.21 Å². The van der Waals surface area contributed by atoms with E-state index in [1.165, 1.54) is 15.9 Å². The van der Waals surface area contributed by atoms with Gasteiger partial charge in [0.15, 0.2) is 0 Å². The fourth-order valence-corrected chi connectivity index (χ4v) is 2.92. The molecule has 0 aromatic carbocycles. The number of hydrogen-bond donors (Lipinski definition) is 1. The lowest BCUT2D eigenvalue weighted by atomic mass is 9.87. The third-order valence-electron chi connectivity index (χ3n) is 3.25. The van der Waals surface area contributed by atoms with Crippen LogP contribution in [0.15, 0.2) is 0 Å². The minimum atomic E-state index is -0.161. The van der Waals surface area contributed by atoms with Gasteiger partial charge in [-0.1, -0.05) is 22.6 Å². The van der Waals surface area contributed by atoms with Crippen LogP contribution in [0.3, 0.4) is 0 Å². The van der Waals surface area contributed by atoms with Crippen LogP contribution >= 0.6 is 22.6 Å². The summed E-state index contributed by atoms with van der Waals surface area (Å²) in [4.78, 5) is 0. The van der Waals surface area contributed by atoms with Crippen molar-refractivity contribution in [2.75, 3.05) is 11.0 Å². The highest BCUT2D eigenvalue weighted by molar-refractivity contribution is 14.1. The molecule has 1 heterocycles. The average molecular weight is 341 g/mol. The van der Waals surface area contributed by atoms with Gasteiger partial charge in [-0.15, -0.1) is 0 Å². The molecule has 1 fully saturated rings. The van der Waals surface area contributed by atoms with Gasteiger partial charge in [0.25, 0.3) is 0 Å². The van der Waals surface area contributed by atoms with E-state index in [0.717, 1.165) is 25.9 Å². The zero-order chi connectivity index (χ0) is 12.2.